The van der Waals surface area contributed by atoms with Crippen molar-refractivity contribution in [2.24, 2.45) is 0 Å². The first kappa shape index (κ1) is 21.4. The van der Waals surface area contributed by atoms with E-state index in [-0.39, 0.29) is 6.04 Å². The van der Waals surface area contributed by atoms with Crippen LogP contribution in [0.25, 0.3) is 0 Å². The van der Waals surface area contributed by atoms with Gasteiger partial charge in [-0.3, -0.25) is 14.9 Å². The molecule has 0 atom stereocenters. The molecule has 7 heteroatoms. The second-order valence-corrected chi connectivity index (χ2v) is 7.16. The number of nitrogens with zero attached hydrogens (tertiary/aromatic N) is 5. The highest BCUT2D eigenvalue weighted by molar-refractivity contribution is 5.24. The molecule has 0 aliphatic rings. The standard InChI is InChI=1S/C25H25N5O2/c1-31-23-13-7-9-19(28-23)17-30(18-20-10-8-14-24(29-20)32-2)25(21-11-3-5-15-26-21)22-12-4-6-16-27-22/h3-16,25H,17-18H2,1-2H3. The number of hydrogen-bond donors (Lipinski definition) is 0. The maximum atomic E-state index is 5.33. The summed E-state index contributed by atoms with van der Waals surface area (Å²) >= 11 is 0. The quantitative estimate of drug-likeness (QED) is 0.399. The van der Waals surface area contributed by atoms with Gasteiger partial charge in [0.1, 0.15) is 0 Å². The molecule has 0 aliphatic heterocycles. The minimum atomic E-state index is -0.196. The van der Waals surface area contributed by atoms with Crippen molar-refractivity contribution in [3.8, 4) is 11.8 Å². The highest BCUT2D eigenvalue weighted by Gasteiger charge is 2.26. The first-order valence-electron chi connectivity index (χ1n) is 10.3. The molecule has 0 aliphatic carbocycles. The second-order valence-electron chi connectivity index (χ2n) is 7.16. The van der Waals surface area contributed by atoms with Crippen LogP contribution in [0.1, 0.15) is 28.8 Å². The Balaban J connectivity index is 1.77. The molecule has 7 nitrogen and oxygen atoms in total. The van der Waals surface area contributed by atoms with Crippen LogP contribution in [-0.2, 0) is 13.1 Å². The summed E-state index contributed by atoms with van der Waals surface area (Å²) in [7, 11) is 3.24. The minimum Gasteiger partial charge on any atom is -0.481 e. The fraction of sp³-hybridized carbons (Fsp3) is 0.200. The van der Waals surface area contributed by atoms with E-state index in [1.54, 1.807) is 26.6 Å². The summed E-state index contributed by atoms with van der Waals surface area (Å²) < 4.78 is 10.7. The van der Waals surface area contributed by atoms with E-state index < -0.39 is 0 Å². The van der Waals surface area contributed by atoms with Crippen LogP contribution in [0, 0.1) is 0 Å². The molecule has 0 saturated heterocycles. The van der Waals surface area contributed by atoms with Crippen LogP contribution in [0.3, 0.4) is 0 Å². The number of pyridine rings is 4. The normalized spacial score (nSPS) is 11.0. The van der Waals surface area contributed by atoms with Crippen LogP contribution in [0.4, 0.5) is 0 Å². The zero-order chi connectivity index (χ0) is 22.2. The smallest absolute Gasteiger partial charge is 0.213 e. The first-order valence-corrected chi connectivity index (χ1v) is 10.3. The Morgan fingerprint density at radius 1 is 0.656 bits per heavy atom. The van der Waals surface area contributed by atoms with E-state index in [0.29, 0.717) is 24.8 Å². The van der Waals surface area contributed by atoms with Crippen molar-refractivity contribution in [2.75, 3.05) is 14.2 Å². The second kappa shape index (κ2) is 10.5. The summed E-state index contributed by atoms with van der Waals surface area (Å²) in [5, 5.41) is 0. The van der Waals surface area contributed by atoms with Gasteiger partial charge in [0.05, 0.1) is 43.0 Å². The Kier molecular flexibility index (Phi) is 6.99. The van der Waals surface area contributed by atoms with Gasteiger partial charge in [-0.05, 0) is 36.4 Å². The molecule has 0 fully saturated rings. The SMILES string of the molecule is COc1cccc(CN(Cc2cccc(OC)n2)C(c2ccccn2)c2ccccn2)n1. The molecule has 0 bridgehead atoms. The van der Waals surface area contributed by atoms with E-state index >= 15 is 0 Å². The fourth-order valence-electron chi connectivity index (χ4n) is 3.57. The zero-order valence-electron chi connectivity index (χ0n) is 18.1. The average molecular weight is 428 g/mol. The van der Waals surface area contributed by atoms with Gasteiger partial charge < -0.3 is 9.47 Å². The van der Waals surface area contributed by atoms with Crippen molar-refractivity contribution in [1.29, 1.82) is 0 Å². The third kappa shape index (κ3) is 5.25. The number of hydrogen-bond acceptors (Lipinski definition) is 7. The lowest BCUT2D eigenvalue weighted by atomic mass is 10.1. The Morgan fingerprint density at radius 2 is 1.16 bits per heavy atom. The van der Waals surface area contributed by atoms with Crippen LogP contribution in [0.15, 0.2) is 85.2 Å². The van der Waals surface area contributed by atoms with E-state index in [2.05, 4.69) is 24.8 Å². The first-order chi connectivity index (χ1) is 15.8. The number of rotatable bonds is 9. The van der Waals surface area contributed by atoms with Crippen LogP contribution >= 0.6 is 0 Å². The van der Waals surface area contributed by atoms with Gasteiger partial charge in [0.25, 0.3) is 0 Å². The van der Waals surface area contributed by atoms with Gasteiger partial charge in [0.15, 0.2) is 0 Å². The lowest BCUT2D eigenvalue weighted by Crippen LogP contribution is -2.31. The van der Waals surface area contributed by atoms with Gasteiger partial charge in [-0.25, -0.2) is 9.97 Å². The molecule has 0 aromatic carbocycles. The third-order valence-electron chi connectivity index (χ3n) is 5.01. The summed E-state index contributed by atoms with van der Waals surface area (Å²) in [6, 6.07) is 23.2. The molecule has 162 valence electrons. The predicted molar refractivity (Wildman–Crippen MR) is 121 cm³/mol. The Bertz CT molecular complexity index is 1040. The molecule has 4 aromatic rings. The van der Waals surface area contributed by atoms with Gasteiger partial charge in [0.2, 0.25) is 11.8 Å². The molecule has 0 saturated carbocycles. The lowest BCUT2D eigenvalue weighted by molar-refractivity contribution is 0.194. The largest absolute Gasteiger partial charge is 0.481 e. The van der Waals surface area contributed by atoms with Crippen LogP contribution in [-0.4, -0.2) is 39.1 Å². The number of methoxy groups -OCH3 is 2. The minimum absolute atomic E-state index is 0.196. The summed E-state index contributed by atoms with van der Waals surface area (Å²) in [5.41, 5.74) is 3.56. The van der Waals surface area contributed by atoms with Crippen molar-refractivity contribution < 1.29 is 9.47 Å². The van der Waals surface area contributed by atoms with E-state index in [4.69, 9.17) is 9.47 Å². The molecule has 0 amide bonds. The number of ether oxygens (including phenoxy) is 2. The Morgan fingerprint density at radius 3 is 1.56 bits per heavy atom. The van der Waals surface area contributed by atoms with Gasteiger partial charge in [-0.15, -0.1) is 0 Å². The van der Waals surface area contributed by atoms with Gasteiger partial charge in [-0.1, -0.05) is 24.3 Å². The van der Waals surface area contributed by atoms with Crippen LogP contribution in [0.2, 0.25) is 0 Å². The van der Waals surface area contributed by atoms with Gasteiger partial charge >= 0.3 is 0 Å². The molecule has 0 N–H and O–H groups in total. The Hall–Kier alpha value is -3.84. The number of aromatic nitrogens is 4. The maximum Gasteiger partial charge on any atom is 0.213 e. The molecule has 0 spiro atoms. The van der Waals surface area contributed by atoms with Gasteiger partial charge in [-0.2, -0.15) is 0 Å². The molecule has 4 rings (SSSR count). The van der Waals surface area contributed by atoms with Crippen molar-refractivity contribution in [3.63, 3.8) is 0 Å². The summed E-state index contributed by atoms with van der Waals surface area (Å²) in [6.45, 7) is 1.10. The average Bonchev–Trinajstić information content (AvgIpc) is 2.86. The predicted octanol–water partition coefficient (Wildman–Crippen LogP) is 4.08. The Labute approximate surface area is 187 Å². The summed E-state index contributed by atoms with van der Waals surface area (Å²) in [5.74, 6) is 1.16. The highest BCUT2D eigenvalue weighted by atomic mass is 16.5. The van der Waals surface area contributed by atoms with Crippen molar-refractivity contribution >= 4 is 0 Å². The van der Waals surface area contributed by atoms with Crippen molar-refractivity contribution in [1.82, 2.24) is 24.8 Å². The topological polar surface area (TPSA) is 73.3 Å². The summed E-state index contributed by atoms with van der Waals surface area (Å²) in [4.78, 5) is 20.8. The van der Waals surface area contributed by atoms with E-state index in [9.17, 15) is 0 Å². The van der Waals surface area contributed by atoms with Crippen LogP contribution < -0.4 is 9.47 Å². The van der Waals surface area contributed by atoms with E-state index in [0.717, 1.165) is 22.8 Å². The lowest BCUT2D eigenvalue weighted by Gasteiger charge is -2.30. The maximum absolute atomic E-state index is 5.33. The monoisotopic (exact) mass is 427 g/mol. The molecule has 32 heavy (non-hydrogen) atoms. The van der Waals surface area contributed by atoms with E-state index in [1.807, 2.05) is 72.8 Å². The van der Waals surface area contributed by atoms with Crippen LogP contribution in [0.5, 0.6) is 11.8 Å². The molecule has 4 heterocycles. The third-order valence-corrected chi connectivity index (χ3v) is 5.01. The molecular formula is C25H25N5O2. The molecule has 0 unspecified atom stereocenters. The van der Waals surface area contributed by atoms with E-state index in [1.165, 1.54) is 0 Å². The van der Waals surface area contributed by atoms with Crippen molar-refractivity contribution in [2.45, 2.75) is 19.1 Å². The van der Waals surface area contributed by atoms with Gasteiger partial charge in [0, 0.05) is 37.6 Å². The van der Waals surface area contributed by atoms with Crippen molar-refractivity contribution in [3.05, 3.63) is 108 Å². The molecule has 4 aromatic heterocycles. The molecular weight excluding hydrogens is 402 g/mol. The fourth-order valence-corrected chi connectivity index (χ4v) is 3.57. The molecule has 0 radical (unpaired) electrons. The highest BCUT2D eigenvalue weighted by Crippen LogP contribution is 2.29. The summed E-state index contributed by atoms with van der Waals surface area (Å²) in [6.07, 6.45) is 3.61. The zero-order valence-corrected chi connectivity index (χ0v) is 18.1.